The van der Waals surface area contributed by atoms with Crippen LogP contribution >= 0.6 is 0 Å². The maximum Gasteiger partial charge on any atom is 0.416 e. The molecule has 3 atom stereocenters. The van der Waals surface area contributed by atoms with Gasteiger partial charge in [0.1, 0.15) is 11.6 Å². The van der Waals surface area contributed by atoms with Crippen molar-refractivity contribution in [3.63, 3.8) is 0 Å². The number of pyridine rings is 1. The summed E-state index contributed by atoms with van der Waals surface area (Å²) in [6.07, 6.45) is -1.95. The zero-order valence-corrected chi connectivity index (χ0v) is 18.5. The van der Waals surface area contributed by atoms with Gasteiger partial charge < -0.3 is 14.6 Å². The highest BCUT2D eigenvalue weighted by molar-refractivity contribution is 5.92. The van der Waals surface area contributed by atoms with E-state index >= 15 is 0 Å². The van der Waals surface area contributed by atoms with Crippen molar-refractivity contribution >= 4 is 11.9 Å². The second-order valence-electron chi connectivity index (χ2n) is 7.60. The van der Waals surface area contributed by atoms with Crippen LogP contribution in [0, 0.1) is 11.7 Å². The summed E-state index contributed by atoms with van der Waals surface area (Å²) in [5, 5.41) is 5.73. The molecule has 2 aromatic heterocycles. The summed E-state index contributed by atoms with van der Waals surface area (Å²) in [7, 11) is 1.31. The maximum atomic E-state index is 14.8. The second kappa shape index (κ2) is 10.1. The average Bonchev–Trinajstić information content (AvgIpc) is 3.27. The zero-order valence-electron chi connectivity index (χ0n) is 18.5. The normalized spacial score (nSPS) is 18.7. The Labute approximate surface area is 195 Å². The number of hydrogen-bond acceptors (Lipinski definition) is 6. The molecule has 1 aliphatic rings. The molecule has 0 spiro atoms. The van der Waals surface area contributed by atoms with Crippen molar-refractivity contribution in [3.8, 4) is 5.88 Å². The molecule has 0 aromatic carbocycles. The molecular weight excluding hydrogens is 481 g/mol. The number of urea groups is 1. The fourth-order valence-electron chi connectivity index (χ4n) is 3.52. The molecule has 2 aromatic rings. The molecule has 0 aliphatic heterocycles. The molecule has 0 saturated heterocycles. The van der Waals surface area contributed by atoms with Crippen LogP contribution in [0.15, 0.2) is 46.4 Å². The summed E-state index contributed by atoms with van der Waals surface area (Å²) in [6, 6.07) is 0.00562. The number of hydrogen-bond donors (Lipinski definition) is 3. The Hall–Kier alpha value is -3.97. The minimum Gasteiger partial charge on any atom is -0.479 e. The molecule has 35 heavy (non-hydrogen) atoms. The Morgan fingerprint density at radius 2 is 1.91 bits per heavy atom. The van der Waals surface area contributed by atoms with Gasteiger partial charge in [-0.2, -0.15) is 13.2 Å². The number of alkyl halides is 3. The number of methoxy groups -OCH3 is 1. The summed E-state index contributed by atoms with van der Waals surface area (Å²) >= 11 is 0. The minimum atomic E-state index is -4.96. The highest BCUT2D eigenvalue weighted by Gasteiger charge is 2.45. The van der Waals surface area contributed by atoms with Crippen molar-refractivity contribution in [1.29, 1.82) is 0 Å². The number of ether oxygens (including phenoxy) is 1. The Bertz CT molecular complexity index is 1180. The number of carbonyl (C=O) groups excluding carboxylic acids is 2. The first-order chi connectivity index (χ1) is 16.4. The van der Waals surface area contributed by atoms with Crippen molar-refractivity contribution in [2.45, 2.75) is 32.0 Å². The van der Waals surface area contributed by atoms with Crippen LogP contribution in [0.3, 0.4) is 0 Å². The van der Waals surface area contributed by atoms with Crippen LogP contribution in [-0.4, -0.2) is 35.4 Å². The molecule has 188 valence electrons. The van der Waals surface area contributed by atoms with Gasteiger partial charge in [-0.05, 0) is 35.7 Å². The first-order valence-corrected chi connectivity index (χ1v) is 10.1. The molecular formula is C21H20F5N5O4. The Kier molecular flexibility index (Phi) is 7.41. The summed E-state index contributed by atoms with van der Waals surface area (Å²) in [5.74, 6) is -5.78. The molecule has 0 bridgehead atoms. The number of amides is 3. The number of aromatic nitrogens is 2. The van der Waals surface area contributed by atoms with Gasteiger partial charge in [0.05, 0.1) is 30.5 Å². The largest absolute Gasteiger partial charge is 0.479 e. The third-order valence-electron chi connectivity index (χ3n) is 5.16. The zero-order chi connectivity index (χ0) is 25.9. The molecule has 3 amide bonds. The van der Waals surface area contributed by atoms with E-state index in [1.807, 2.05) is 10.9 Å². The third-order valence-corrected chi connectivity index (χ3v) is 5.16. The first kappa shape index (κ1) is 25.6. The molecule has 0 saturated carbocycles. The van der Waals surface area contributed by atoms with Gasteiger partial charge in [-0.3, -0.25) is 15.2 Å². The fourth-order valence-corrected chi connectivity index (χ4v) is 3.52. The number of nitrogens with zero attached hydrogens (tertiary/aromatic N) is 2. The SMILES string of the molecule is COc1cc(C(=O)NNC(=O)N[C@H](C)c2ncc(C3C(C(F)(F)F)=C(F)C=CC3C)cc2F)on1. The highest BCUT2D eigenvalue weighted by Crippen LogP contribution is 2.46. The van der Waals surface area contributed by atoms with E-state index in [-0.39, 0.29) is 22.9 Å². The lowest BCUT2D eigenvalue weighted by atomic mass is 9.78. The summed E-state index contributed by atoms with van der Waals surface area (Å²) in [4.78, 5) is 27.8. The second-order valence-corrected chi connectivity index (χ2v) is 7.60. The molecule has 14 heteroatoms. The topological polar surface area (TPSA) is 118 Å². The monoisotopic (exact) mass is 501 g/mol. The van der Waals surface area contributed by atoms with Gasteiger partial charge in [0.25, 0.3) is 5.88 Å². The van der Waals surface area contributed by atoms with Gasteiger partial charge in [-0.25, -0.2) is 19.0 Å². The number of carbonyl (C=O) groups is 2. The highest BCUT2D eigenvalue weighted by atomic mass is 19.4. The van der Waals surface area contributed by atoms with Gasteiger partial charge in [-0.15, -0.1) is 0 Å². The van der Waals surface area contributed by atoms with Crippen LogP contribution in [0.2, 0.25) is 0 Å². The van der Waals surface area contributed by atoms with E-state index in [0.29, 0.717) is 0 Å². The molecule has 0 fully saturated rings. The fraction of sp³-hybridized carbons (Fsp3) is 0.333. The molecule has 1 aliphatic carbocycles. The number of allylic oxidation sites excluding steroid dienone is 4. The van der Waals surface area contributed by atoms with Crippen LogP contribution in [0.25, 0.3) is 0 Å². The summed E-state index contributed by atoms with van der Waals surface area (Å²) < 4.78 is 78.6. The van der Waals surface area contributed by atoms with Crippen molar-refractivity contribution in [2.75, 3.05) is 7.11 Å². The minimum absolute atomic E-state index is 0.0393. The Morgan fingerprint density at radius 1 is 1.20 bits per heavy atom. The average molecular weight is 501 g/mol. The number of nitrogens with one attached hydrogen (secondary N) is 3. The lowest BCUT2D eigenvalue weighted by Gasteiger charge is -2.29. The van der Waals surface area contributed by atoms with E-state index in [2.05, 4.69) is 15.5 Å². The third kappa shape index (κ3) is 5.75. The standard InChI is InChI=1S/C21H20F5N5O4/c1-9-4-5-12(22)17(21(24,25)26)16(9)11-6-13(23)18(27-8-11)10(2)28-20(33)30-29-19(32)14-7-15(34-3)31-35-14/h4-10,16H,1-3H3,(H,29,32)(H2,28,30,33)/t9?,10-,16?/m1/s1. The number of hydrazine groups is 1. The van der Waals surface area contributed by atoms with E-state index in [0.717, 1.165) is 18.3 Å². The molecule has 0 radical (unpaired) electrons. The Morgan fingerprint density at radius 3 is 2.51 bits per heavy atom. The first-order valence-electron chi connectivity index (χ1n) is 10.1. The molecule has 9 nitrogen and oxygen atoms in total. The van der Waals surface area contributed by atoms with E-state index in [4.69, 9.17) is 9.26 Å². The van der Waals surface area contributed by atoms with Crippen LogP contribution in [0.4, 0.5) is 26.7 Å². The number of rotatable bonds is 5. The molecule has 3 N–H and O–H groups in total. The predicted octanol–water partition coefficient (Wildman–Crippen LogP) is 4.00. The van der Waals surface area contributed by atoms with E-state index in [9.17, 15) is 31.5 Å². The lowest BCUT2D eigenvalue weighted by Crippen LogP contribution is -2.47. The van der Waals surface area contributed by atoms with Gasteiger partial charge in [-0.1, -0.05) is 13.0 Å². The smallest absolute Gasteiger partial charge is 0.416 e. The van der Waals surface area contributed by atoms with Crippen molar-refractivity contribution in [3.05, 3.63) is 64.7 Å². The van der Waals surface area contributed by atoms with Crippen molar-refractivity contribution in [2.24, 2.45) is 5.92 Å². The Balaban J connectivity index is 1.68. The van der Waals surface area contributed by atoms with Gasteiger partial charge >= 0.3 is 18.1 Å². The van der Waals surface area contributed by atoms with Gasteiger partial charge in [0, 0.05) is 12.1 Å². The lowest BCUT2D eigenvalue weighted by molar-refractivity contribution is -0.0990. The van der Waals surface area contributed by atoms with E-state index < -0.39 is 53.2 Å². The molecule has 3 rings (SSSR count). The molecule has 2 unspecified atom stereocenters. The van der Waals surface area contributed by atoms with E-state index in [1.54, 1.807) is 0 Å². The predicted molar refractivity (Wildman–Crippen MR) is 110 cm³/mol. The molecule has 2 heterocycles. The van der Waals surface area contributed by atoms with Crippen molar-refractivity contribution in [1.82, 2.24) is 26.3 Å². The van der Waals surface area contributed by atoms with E-state index in [1.165, 1.54) is 33.1 Å². The van der Waals surface area contributed by atoms with Crippen LogP contribution < -0.4 is 20.9 Å². The van der Waals surface area contributed by atoms with Crippen LogP contribution in [0.1, 0.15) is 47.6 Å². The number of halogens is 5. The summed E-state index contributed by atoms with van der Waals surface area (Å²) in [5.41, 5.74) is 2.18. The van der Waals surface area contributed by atoms with Crippen molar-refractivity contribution < 1.29 is 40.8 Å². The van der Waals surface area contributed by atoms with Crippen LogP contribution in [0.5, 0.6) is 5.88 Å². The quantitative estimate of drug-likeness (QED) is 0.421. The van der Waals surface area contributed by atoms with Gasteiger partial charge in [0.2, 0.25) is 5.76 Å². The van der Waals surface area contributed by atoms with Gasteiger partial charge in [0.15, 0.2) is 0 Å². The van der Waals surface area contributed by atoms with Crippen LogP contribution in [-0.2, 0) is 0 Å². The summed E-state index contributed by atoms with van der Waals surface area (Å²) in [6.45, 7) is 2.81. The maximum absolute atomic E-state index is 14.8.